The molecular weight excluding hydrogens is 494 g/mol. The Morgan fingerprint density at radius 1 is 1.20 bits per heavy atom. The largest absolute Gasteiger partial charge is 0.467 e. The Morgan fingerprint density at radius 3 is 2.51 bits per heavy atom. The molecule has 2 aromatic rings. The van der Waals surface area contributed by atoms with Crippen LogP contribution in [-0.2, 0) is 30.3 Å². The van der Waals surface area contributed by atoms with Gasteiger partial charge in [-0.15, -0.1) is 0 Å². The van der Waals surface area contributed by atoms with Crippen molar-refractivity contribution in [3.8, 4) is 0 Å². The Hall–Kier alpha value is -2.67. The van der Waals surface area contributed by atoms with E-state index in [-0.39, 0.29) is 25.1 Å². The van der Waals surface area contributed by atoms with E-state index in [1.807, 2.05) is 0 Å². The van der Waals surface area contributed by atoms with Crippen molar-refractivity contribution in [3.63, 3.8) is 0 Å². The summed E-state index contributed by atoms with van der Waals surface area (Å²) in [5.74, 6) is -1.43. The molecule has 1 aromatic carbocycles. The number of benzene rings is 1. The maximum Gasteiger partial charge on any atom is 0.417 e. The predicted octanol–water partition coefficient (Wildman–Crippen LogP) is 3.30. The molecule has 1 unspecified atom stereocenters. The van der Waals surface area contributed by atoms with Crippen LogP contribution < -0.4 is 4.90 Å². The number of sulfone groups is 1. The van der Waals surface area contributed by atoms with Gasteiger partial charge in [-0.05, 0) is 44.4 Å². The van der Waals surface area contributed by atoms with Crippen molar-refractivity contribution in [1.29, 1.82) is 0 Å². The summed E-state index contributed by atoms with van der Waals surface area (Å²) >= 11 is 0. The van der Waals surface area contributed by atoms with Crippen molar-refractivity contribution in [2.75, 3.05) is 31.8 Å². The quantitative estimate of drug-likeness (QED) is 0.340. The van der Waals surface area contributed by atoms with Gasteiger partial charge in [-0.1, -0.05) is 0 Å². The van der Waals surface area contributed by atoms with Crippen LogP contribution >= 0.6 is 0 Å². The van der Waals surface area contributed by atoms with Gasteiger partial charge in [0, 0.05) is 25.8 Å². The molecule has 1 aromatic heterocycles. The lowest BCUT2D eigenvalue weighted by Crippen LogP contribution is -2.39. The third-order valence-corrected chi connectivity index (χ3v) is 8.59. The SMILES string of the molecule is COC(=O)C1C[C@@H](S(=O)(=O)c2ccc(F)cc2C(F)(F)F)CN1c1cc(C)nn1C1CCOCC1. The number of alkyl halides is 3. The number of methoxy groups -OCH3 is 1. The Labute approximate surface area is 199 Å². The molecule has 0 spiro atoms. The Morgan fingerprint density at radius 2 is 1.89 bits per heavy atom. The molecule has 192 valence electrons. The summed E-state index contributed by atoms with van der Waals surface area (Å²) in [6.07, 6.45) is -4.04. The van der Waals surface area contributed by atoms with E-state index in [0.717, 1.165) is 7.11 Å². The van der Waals surface area contributed by atoms with Gasteiger partial charge in [0.25, 0.3) is 0 Å². The molecule has 2 fully saturated rings. The first-order chi connectivity index (χ1) is 16.4. The number of ether oxygens (including phenoxy) is 2. The number of halogens is 4. The predicted molar refractivity (Wildman–Crippen MR) is 116 cm³/mol. The Kier molecular flexibility index (Phi) is 6.84. The van der Waals surface area contributed by atoms with Crippen LogP contribution in [0.2, 0.25) is 0 Å². The highest BCUT2D eigenvalue weighted by atomic mass is 32.2. The summed E-state index contributed by atoms with van der Waals surface area (Å²) in [6, 6.07) is 2.08. The molecule has 0 bridgehead atoms. The highest BCUT2D eigenvalue weighted by Gasteiger charge is 2.48. The fourth-order valence-electron chi connectivity index (χ4n) is 4.70. The smallest absolute Gasteiger partial charge is 0.417 e. The summed E-state index contributed by atoms with van der Waals surface area (Å²) in [6.45, 7) is 2.53. The lowest BCUT2D eigenvalue weighted by atomic mass is 10.1. The number of carbonyl (C=O) groups is 1. The van der Waals surface area contributed by atoms with Crippen LogP contribution in [0.4, 0.5) is 23.4 Å². The van der Waals surface area contributed by atoms with Crippen molar-refractivity contribution < 1.29 is 40.2 Å². The van der Waals surface area contributed by atoms with Gasteiger partial charge in [0.2, 0.25) is 0 Å². The van der Waals surface area contributed by atoms with E-state index in [9.17, 15) is 30.8 Å². The van der Waals surface area contributed by atoms with E-state index in [4.69, 9.17) is 9.47 Å². The van der Waals surface area contributed by atoms with E-state index in [0.29, 0.717) is 49.7 Å². The van der Waals surface area contributed by atoms with Crippen LogP contribution in [0.5, 0.6) is 0 Å². The number of aromatic nitrogens is 2. The molecule has 2 aliphatic heterocycles. The minimum absolute atomic E-state index is 0.0460. The van der Waals surface area contributed by atoms with Gasteiger partial charge in [0.15, 0.2) is 9.84 Å². The van der Waals surface area contributed by atoms with Crippen LogP contribution in [0.25, 0.3) is 0 Å². The van der Waals surface area contributed by atoms with Gasteiger partial charge in [-0.25, -0.2) is 22.3 Å². The second-order valence-corrected chi connectivity index (χ2v) is 10.9. The van der Waals surface area contributed by atoms with Crippen molar-refractivity contribution >= 4 is 21.6 Å². The van der Waals surface area contributed by atoms with Crippen molar-refractivity contribution in [2.24, 2.45) is 0 Å². The molecule has 0 radical (unpaired) electrons. The fourth-order valence-corrected chi connectivity index (χ4v) is 6.59. The van der Waals surface area contributed by atoms with Gasteiger partial charge < -0.3 is 14.4 Å². The number of hydrogen-bond donors (Lipinski definition) is 0. The molecule has 13 heteroatoms. The van der Waals surface area contributed by atoms with E-state index in [2.05, 4.69) is 5.10 Å². The van der Waals surface area contributed by atoms with E-state index >= 15 is 0 Å². The third kappa shape index (κ3) is 4.88. The standard InChI is InChI=1S/C22H25F4N3O5S/c1-13-9-20(29(27-13)15-5-7-34-8-6-15)28-12-16(11-18(28)21(30)33-2)35(31,32)19-4-3-14(23)10-17(19)22(24,25)26/h3-4,9-10,15-16,18H,5-8,11-12H2,1-2H3/t16-,18?/m1/s1. The van der Waals surface area contributed by atoms with E-state index in [1.54, 1.807) is 17.7 Å². The van der Waals surface area contributed by atoms with Gasteiger partial charge in [0.1, 0.15) is 17.7 Å². The monoisotopic (exact) mass is 519 g/mol. The summed E-state index contributed by atoms with van der Waals surface area (Å²) < 4.78 is 93.1. The van der Waals surface area contributed by atoms with Crippen molar-refractivity contribution in [3.05, 3.63) is 41.3 Å². The minimum atomic E-state index is -5.08. The van der Waals surface area contributed by atoms with Crippen LogP contribution in [0.1, 0.15) is 36.6 Å². The number of rotatable bonds is 5. The Balaban J connectivity index is 1.74. The van der Waals surface area contributed by atoms with Gasteiger partial charge >= 0.3 is 12.1 Å². The molecule has 8 nitrogen and oxygen atoms in total. The number of anilines is 1. The van der Waals surface area contributed by atoms with E-state index < -0.39 is 49.6 Å². The number of nitrogens with zero attached hydrogens (tertiary/aromatic N) is 3. The number of esters is 1. The second-order valence-electron chi connectivity index (χ2n) is 8.66. The number of carbonyl (C=O) groups excluding carboxylic acids is 1. The summed E-state index contributed by atoms with van der Waals surface area (Å²) in [5.41, 5.74) is -0.937. The topological polar surface area (TPSA) is 90.7 Å². The maximum absolute atomic E-state index is 13.6. The van der Waals surface area contributed by atoms with Gasteiger partial charge in [0.05, 0.1) is 34.6 Å². The van der Waals surface area contributed by atoms with Crippen LogP contribution in [0.3, 0.4) is 0 Å². The first-order valence-electron chi connectivity index (χ1n) is 11.0. The molecule has 2 aliphatic rings. The first kappa shape index (κ1) is 25.4. The zero-order valence-electron chi connectivity index (χ0n) is 19.1. The highest BCUT2D eigenvalue weighted by Crippen LogP contribution is 2.40. The second kappa shape index (κ2) is 9.41. The molecule has 2 atom stereocenters. The number of aryl methyl sites for hydroxylation is 1. The van der Waals surface area contributed by atoms with E-state index in [1.165, 1.54) is 4.90 Å². The molecule has 3 heterocycles. The Bertz CT molecular complexity index is 1210. The molecule has 0 amide bonds. The molecule has 0 aliphatic carbocycles. The lowest BCUT2D eigenvalue weighted by molar-refractivity contribution is -0.142. The van der Waals surface area contributed by atoms with Crippen molar-refractivity contribution in [1.82, 2.24) is 9.78 Å². The van der Waals surface area contributed by atoms with Gasteiger partial charge in [-0.3, -0.25) is 0 Å². The average molecular weight is 520 g/mol. The summed E-state index contributed by atoms with van der Waals surface area (Å²) in [5, 5.41) is 3.16. The lowest BCUT2D eigenvalue weighted by Gasteiger charge is -2.30. The number of hydrogen-bond acceptors (Lipinski definition) is 7. The van der Waals surface area contributed by atoms with Crippen LogP contribution in [0.15, 0.2) is 29.2 Å². The zero-order valence-corrected chi connectivity index (χ0v) is 19.9. The molecule has 2 saturated heterocycles. The van der Waals surface area contributed by atoms with Crippen LogP contribution in [-0.4, -0.2) is 62.3 Å². The fraction of sp³-hybridized carbons (Fsp3) is 0.545. The normalized spacial score (nSPS) is 21.9. The summed E-state index contributed by atoms with van der Waals surface area (Å²) in [4.78, 5) is 13.1. The minimum Gasteiger partial charge on any atom is -0.467 e. The molecular formula is C22H25F4N3O5S. The summed E-state index contributed by atoms with van der Waals surface area (Å²) in [7, 11) is -3.44. The maximum atomic E-state index is 13.6. The molecule has 35 heavy (non-hydrogen) atoms. The van der Waals surface area contributed by atoms with Crippen molar-refractivity contribution in [2.45, 2.75) is 54.6 Å². The molecule has 0 N–H and O–H groups in total. The van der Waals surface area contributed by atoms with Gasteiger partial charge in [-0.2, -0.15) is 18.3 Å². The zero-order chi connectivity index (χ0) is 25.5. The van der Waals surface area contributed by atoms with Crippen LogP contribution in [0, 0.1) is 12.7 Å². The third-order valence-electron chi connectivity index (χ3n) is 6.40. The molecule has 4 rings (SSSR count). The highest BCUT2D eigenvalue weighted by molar-refractivity contribution is 7.92. The average Bonchev–Trinajstić information content (AvgIpc) is 3.42. The molecule has 0 saturated carbocycles. The first-order valence-corrected chi connectivity index (χ1v) is 12.6.